The fraction of sp³-hybridized carbons (Fsp3) is 0.120. The van der Waals surface area contributed by atoms with Gasteiger partial charge in [-0.25, -0.2) is 13.4 Å². The van der Waals surface area contributed by atoms with Crippen molar-refractivity contribution in [2.45, 2.75) is 25.7 Å². The molecule has 0 saturated heterocycles. The lowest BCUT2D eigenvalue weighted by Crippen LogP contribution is -2.15. The first-order chi connectivity index (χ1) is 16.1. The van der Waals surface area contributed by atoms with E-state index in [1.165, 1.54) is 47.2 Å². The van der Waals surface area contributed by atoms with Gasteiger partial charge in [0.1, 0.15) is 0 Å². The van der Waals surface area contributed by atoms with Crippen molar-refractivity contribution in [3.05, 3.63) is 93.3 Å². The number of aryl methyl sites for hydroxylation is 3. The summed E-state index contributed by atoms with van der Waals surface area (Å²) >= 11 is 7.17. The van der Waals surface area contributed by atoms with Crippen LogP contribution in [0, 0.1) is 20.8 Å². The van der Waals surface area contributed by atoms with Gasteiger partial charge in [-0.05, 0) is 74.4 Å². The Morgan fingerprint density at radius 1 is 0.971 bits per heavy atom. The number of sulfonamides is 1. The van der Waals surface area contributed by atoms with E-state index in [1.807, 2.05) is 19.2 Å². The standard InChI is InChI=1S/C25H22ClN3O3S2/c1-15-11-16(2)23(17(3)12-15)22-14-33-25(27-22)28-24(30)18-5-4-6-20(13-18)29-34(31,32)21-9-7-19(26)8-10-21/h4-14,29H,1-3H3,(H,27,28,30). The number of benzene rings is 3. The summed E-state index contributed by atoms with van der Waals surface area (Å²) in [5, 5.41) is 5.62. The molecule has 4 aromatic rings. The molecule has 0 fully saturated rings. The highest BCUT2D eigenvalue weighted by Gasteiger charge is 2.16. The Kier molecular flexibility index (Phi) is 6.74. The van der Waals surface area contributed by atoms with Crippen molar-refractivity contribution in [3.63, 3.8) is 0 Å². The lowest BCUT2D eigenvalue weighted by molar-refractivity contribution is 0.102. The topological polar surface area (TPSA) is 88.2 Å². The van der Waals surface area contributed by atoms with Gasteiger partial charge in [-0.15, -0.1) is 11.3 Å². The minimum absolute atomic E-state index is 0.0729. The maximum absolute atomic E-state index is 12.8. The van der Waals surface area contributed by atoms with E-state index >= 15 is 0 Å². The number of thiazole rings is 1. The summed E-state index contributed by atoms with van der Waals surface area (Å²) in [6, 6.07) is 16.3. The van der Waals surface area contributed by atoms with Crippen molar-refractivity contribution < 1.29 is 13.2 Å². The number of amides is 1. The predicted octanol–water partition coefficient (Wildman–Crippen LogP) is 6.44. The summed E-state index contributed by atoms with van der Waals surface area (Å²) in [5.41, 5.74) is 5.88. The van der Waals surface area contributed by atoms with Gasteiger partial charge in [0.2, 0.25) is 0 Å². The Balaban J connectivity index is 1.51. The lowest BCUT2D eigenvalue weighted by Gasteiger charge is -2.10. The second-order valence-electron chi connectivity index (χ2n) is 7.91. The van der Waals surface area contributed by atoms with E-state index in [4.69, 9.17) is 11.6 Å². The van der Waals surface area contributed by atoms with Gasteiger partial charge in [0.15, 0.2) is 5.13 Å². The van der Waals surface area contributed by atoms with Crippen LogP contribution in [0.1, 0.15) is 27.0 Å². The molecule has 0 aliphatic carbocycles. The molecule has 0 radical (unpaired) electrons. The Hall–Kier alpha value is -3.20. The summed E-state index contributed by atoms with van der Waals surface area (Å²) in [6.07, 6.45) is 0. The molecule has 0 bridgehead atoms. The van der Waals surface area contributed by atoms with Crippen LogP contribution in [0.25, 0.3) is 11.3 Å². The van der Waals surface area contributed by atoms with Crippen LogP contribution in [0.4, 0.5) is 10.8 Å². The molecule has 9 heteroatoms. The van der Waals surface area contributed by atoms with Crippen LogP contribution in [0.5, 0.6) is 0 Å². The number of hydrogen-bond donors (Lipinski definition) is 2. The number of anilines is 2. The fourth-order valence-electron chi connectivity index (χ4n) is 3.75. The number of rotatable bonds is 6. The summed E-state index contributed by atoms with van der Waals surface area (Å²) in [6.45, 7) is 6.15. The number of hydrogen-bond acceptors (Lipinski definition) is 5. The van der Waals surface area contributed by atoms with E-state index in [1.54, 1.807) is 18.2 Å². The van der Waals surface area contributed by atoms with E-state index in [-0.39, 0.29) is 16.5 Å². The summed E-state index contributed by atoms with van der Waals surface area (Å²) in [4.78, 5) is 17.5. The molecule has 2 N–H and O–H groups in total. The number of nitrogens with one attached hydrogen (secondary N) is 2. The molecule has 1 heterocycles. The second-order valence-corrected chi connectivity index (χ2v) is 10.9. The summed E-state index contributed by atoms with van der Waals surface area (Å²) in [5.74, 6) is -0.384. The van der Waals surface area contributed by atoms with Gasteiger partial charge in [0.05, 0.1) is 10.6 Å². The maximum Gasteiger partial charge on any atom is 0.261 e. The van der Waals surface area contributed by atoms with E-state index in [0.29, 0.717) is 15.7 Å². The molecule has 0 atom stereocenters. The van der Waals surface area contributed by atoms with Crippen molar-refractivity contribution in [1.82, 2.24) is 4.98 Å². The minimum Gasteiger partial charge on any atom is -0.298 e. The molecule has 34 heavy (non-hydrogen) atoms. The third-order valence-electron chi connectivity index (χ3n) is 5.16. The molecule has 1 aromatic heterocycles. The van der Waals surface area contributed by atoms with Crippen molar-refractivity contribution in [1.29, 1.82) is 0 Å². The van der Waals surface area contributed by atoms with Crippen LogP contribution in [0.3, 0.4) is 0 Å². The predicted molar refractivity (Wildman–Crippen MR) is 138 cm³/mol. The molecule has 0 saturated carbocycles. The molecule has 174 valence electrons. The number of aromatic nitrogens is 1. The van der Waals surface area contributed by atoms with Gasteiger partial charge < -0.3 is 0 Å². The first-order valence-electron chi connectivity index (χ1n) is 10.4. The third kappa shape index (κ3) is 5.30. The zero-order valence-corrected chi connectivity index (χ0v) is 21.1. The fourth-order valence-corrected chi connectivity index (χ4v) is 5.62. The van der Waals surface area contributed by atoms with Gasteiger partial charge in [-0.2, -0.15) is 0 Å². The summed E-state index contributed by atoms with van der Waals surface area (Å²) < 4.78 is 27.8. The molecule has 0 unspecified atom stereocenters. The van der Waals surface area contributed by atoms with Crippen molar-refractivity contribution in [2.24, 2.45) is 0 Å². The van der Waals surface area contributed by atoms with Gasteiger partial charge in [-0.3, -0.25) is 14.8 Å². The zero-order valence-electron chi connectivity index (χ0n) is 18.7. The quantitative estimate of drug-likeness (QED) is 0.311. The van der Waals surface area contributed by atoms with E-state index in [2.05, 4.69) is 34.1 Å². The minimum atomic E-state index is -3.82. The van der Waals surface area contributed by atoms with Crippen LogP contribution in [-0.4, -0.2) is 19.3 Å². The van der Waals surface area contributed by atoms with Gasteiger partial charge in [0, 0.05) is 27.2 Å². The van der Waals surface area contributed by atoms with Crippen molar-refractivity contribution >= 4 is 49.7 Å². The lowest BCUT2D eigenvalue weighted by atomic mass is 9.98. The first-order valence-corrected chi connectivity index (χ1v) is 13.1. The molecular weight excluding hydrogens is 490 g/mol. The molecule has 0 spiro atoms. The SMILES string of the molecule is Cc1cc(C)c(-c2csc(NC(=O)c3cccc(NS(=O)(=O)c4ccc(Cl)cc4)c3)n2)c(C)c1. The van der Waals surface area contributed by atoms with Crippen LogP contribution in [-0.2, 0) is 10.0 Å². The van der Waals surface area contributed by atoms with Crippen LogP contribution < -0.4 is 10.0 Å². The molecular formula is C25H22ClN3O3S2. The monoisotopic (exact) mass is 511 g/mol. The maximum atomic E-state index is 12.8. The molecule has 3 aromatic carbocycles. The number of carbonyl (C=O) groups excluding carboxylic acids is 1. The highest BCUT2D eigenvalue weighted by atomic mass is 35.5. The Morgan fingerprint density at radius 3 is 2.32 bits per heavy atom. The largest absolute Gasteiger partial charge is 0.298 e. The smallest absolute Gasteiger partial charge is 0.261 e. The molecule has 0 aliphatic rings. The van der Waals surface area contributed by atoms with Crippen molar-refractivity contribution in [3.8, 4) is 11.3 Å². The van der Waals surface area contributed by atoms with E-state index < -0.39 is 10.0 Å². The van der Waals surface area contributed by atoms with Gasteiger partial charge in [0.25, 0.3) is 15.9 Å². The van der Waals surface area contributed by atoms with Gasteiger partial charge in [-0.1, -0.05) is 35.4 Å². The molecule has 0 aliphatic heterocycles. The zero-order chi connectivity index (χ0) is 24.5. The summed E-state index contributed by atoms with van der Waals surface area (Å²) in [7, 11) is -3.82. The Bertz CT molecular complexity index is 1460. The third-order valence-corrected chi connectivity index (χ3v) is 7.57. The van der Waals surface area contributed by atoms with Crippen LogP contribution in [0.15, 0.2) is 70.9 Å². The first kappa shape index (κ1) is 23.9. The number of nitrogens with zero attached hydrogens (tertiary/aromatic N) is 1. The molecule has 4 rings (SSSR count). The number of halogens is 1. The molecule has 1 amide bonds. The Labute approximate surface area is 207 Å². The average Bonchev–Trinajstić information content (AvgIpc) is 3.21. The van der Waals surface area contributed by atoms with Crippen LogP contribution >= 0.6 is 22.9 Å². The van der Waals surface area contributed by atoms with E-state index in [9.17, 15) is 13.2 Å². The average molecular weight is 512 g/mol. The number of carbonyl (C=O) groups is 1. The van der Waals surface area contributed by atoms with Gasteiger partial charge >= 0.3 is 0 Å². The normalized spacial score (nSPS) is 11.3. The van der Waals surface area contributed by atoms with Crippen LogP contribution in [0.2, 0.25) is 5.02 Å². The Morgan fingerprint density at radius 2 is 1.65 bits per heavy atom. The highest BCUT2D eigenvalue weighted by molar-refractivity contribution is 7.92. The van der Waals surface area contributed by atoms with Crippen molar-refractivity contribution in [2.75, 3.05) is 10.0 Å². The molecule has 6 nitrogen and oxygen atoms in total. The second kappa shape index (κ2) is 9.58. The van der Waals surface area contributed by atoms with E-state index in [0.717, 1.165) is 22.4 Å². The highest BCUT2D eigenvalue weighted by Crippen LogP contribution is 2.31.